The van der Waals surface area contributed by atoms with Crippen LogP contribution in [0.3, 0.4) is 0 Å². The number of ether oxygens (including phenoxy) is 1. The number of benzene rings is 1. The Balaban J connectivity index is 0.00000243. The summed E-state index contributed by atoms with van der Waals surface area (Å²) in [6.45, 7) is 2.28. The zero-order valence-corrected chi connectivity index (χ0v) is 16.2. The lowest BCUT2D eigenvalue weighted by Gasteiger charge is -2.36. The predicted molar refractivity (Wildman–Crippen MR) is 105 cm³/mol. The standard InChI is InChI=1S/C19H22ClN3O2.ClH/c1-25-18-6-4-14(11-16(18)20)5-7-19(24)23-10-9-22-13-17(23)15-3-2-8-21-12-15;/h2-4,6,8,11-12,17,22H,5,7,9-10,13H2,1H3;1H. The monoisotopic (exact) mass is 395 g/mol. The fourth-order valence-corrected chi connectivity index (χ4v) is 3.41. The van der Waals surface area contributed by atoms with Gasteiger partial charge in [0.1, 0.15) is 5.75 Å². The molecule has 1 fully saturated rings. The van der Waals surface area contributed by atoms with Gasteiger partial charge >= 0.3 is 0 Å². The molecule has 1 aliphatic rings. The number of halogens is 2. The topological polar surface area (TPSA) is 54.5 Å². The number of piperazine rings is 1. The van der Waals surface area contributed by atoms with Gasteiger partial charge in [-0.25, -0.2) is 0 Å². The molecule has 1 N–H and O–H groups in total. The minimum absolute atomic E-state index is 0. The van der Waals surface area contributed by atoms with E-state index in [2.05, 4.69) is 10.3 Å². The molecule has 0 saturated carbocycles. The Labute approximate surface area is 165 Å². The number of pyridine rings is 1. The summed E-state index contributed by atoms with van der Waals surface area (Å²) in [5.74, 6) is 0.804. The lowest BCUT2D eigenvalue weighted by molar-refractivity contribution is -0.134. The first kappa shape index (κ1) is 20.5. The van der Waals surface area contributed by atoms with Crippen molar-refractivity contribution >= 4 is 29.9 Å². The van der Waals surface area contributed by atoms with Gasteiger partial charge in [-0.15, -0.1) is 12.4 Å². The number of carbonyl (C=O) groups is 1. The van der Waals surface area contributed by atoms with Crippen LogP contribution in [0.1, 0.15) is 23.6 Å². The van der Waals surface area contributed by atoms with E-state index in [1.54, 1.807) is 13.3 Å². The van der Waals surface area contributed by atoms with Crippen molar-refractivity contribution in [3.05, 3.63) is 58.9 Å². The van der Waals surface area contributed by atoms with E-state index < -0.39 is 0 Å². The molecule has 7 heteroatoms. The summed E-state index contributed by atoms with van der Waals surface area (Å²) in [6.07, 6.45) is 4.70. The van der Waals surface area contributed by atoms with Crippen molar-refractivity contribution < 1.29 is 9.53 Å². The molecular weight excluding hydrogens is 373 g/mol. The van der Waals surface area contributed by atoms with Crippen molar-refractivity contribution in [1.29, 1.82) is 0 Å². The zero-order valence-electron chi connectivity index (χ0n) is 14.7. The molecule has 140 valence electrons. The largest absolute Gasteiger partial charge is 0.495 e. The van der Waals surface area contributed by atoms with E-state index in [1.165, 1.54) is 0 Å². The molecule has 1 atom stereocenters. The van der Waals surface area contributed by atoms with Gasteiger partial charge in [0.15, 0.2) is 0 Å². The normalized spacial score (nSPS) is 16.7. The van der Waals surface area contributed by atoms with Crippen LogP contribution < -0.4 is 10.1 Å². The molecule has 0 bridgehead atoms. The Hall–Kier alpha value is -1.82. The summed E-state index contributed by atoms with van der Waals surface area (Å²) in [5, 5.41) is 3.93. The highest BCUT2D eigenvalue weighted by Crippen LogP contribution is 2.26. The average molecular weight is 396 g/mol. The van der Waals surface area contributed by atoms with Crippen LogP contribution in [0.25, 0.3) is 0 Å². The predicted octanol–water partition coefficient (Wildman–Crippen LogP) is 3.27. The minimum Gasteiger partial charge on any atom is -0.495 e. The first-order chi connectivity index (χ1) is 12.2. The molecule has 1 aromatic heterocycles. The van der Waals surface area contributed by atoms with E-state index in [0.717, 1.165) is 24.2 Å². The van der Waals surface area contributed by atoms with E-state index in [1.807, 2.05) is 41.4 Å². The third kappa shape index (κ3) is 4.87. The molecule has 3 rings (SSSR count). The van der Waals surface area contributed by atoms with Gasteiger partial charge in [-0.05, 0) is 35.7 Å². The van der Waals surface area contributed by atoms with Gasteiger partial charge in [-0.2, -0.15) is 0 Å². The summed E-state index contributed by atoms with van der Waals surface area (Å²) in [5.41, 5.74) is 2.10. The second kappa shape index (κ2) is 9.76. The molecule has 0 radical (unpaired) electrons. The van der Waals surface area contributed by atoms with Crippen LogP contribution in [0.2, 0.25) is 5.02 Å². The van der Waals surface area contributed by atoms with Crippen LogP contribution in [0.4, 0.5) is 0 Å². The average Bonchev–Trinajstić information content (AvgIpc) is 2.67. The van der Waals surface area contributed by atoms with Gasteiger partial charge in [0, 0.05) is 38.4 Å². The molecule has 26 heavy (non-hydrogen) atoms. The summed E-state index contributed by atoms with van der Waals surface area (Å²) < 4.78 is 5.16. The van der Waals surface area contributed by atoms with Crippen molar-refractivity contribution in [2.75, 3.05) is 26.7 Å². The van der Waals surface area contributed by atoms with Gasteiger partial charge in [0.25, 0.3) is 0 Å². The summed E-state index contributed by atoms with van der Waals surface area (Å²) in [7, 11) is 1.59. The SMILES string of the molecule is COc1ccc(CCC(=O)N2CCNCC2c2cccnc2)cc1Cl.Cl. The van der Waals surface area contributed by atoms with E-state index in [9.17, 15) is 4.79 Å². The Morgan fingerprint density at radius 3 is 2.96 bits per heavy atom. The smallest absolute Gasteiger partial charge is 0.223 e. The maximum absolute atomic E-state index is 12.8. The van der Waals surface area contributed by atoms with Crippen LogP contribution in [0.5, 0.6) is 5.75 Å². The summed E-state index contributed by atoms with van der Waals surface area (Å²) in [4.78, 5) is 18.9. The maximum Gasteiger partial charge on any atom is 0.223 e. The molecule has 1 aliphatic heterocycles. The number of methoxy groups -OCH3 is 1. The van der Waals surface area contributed by atoms with Crippen molar-refractivity contribution in [3.63, 3.8) is 0 Å². The fraction of sp³-hybridized carbons (Fsp3) is 0.368. The van der Waals surface area contributed by atoms with Crippen LogP contribution in [0, 0.1) is 0 Å². The zero-order chi connectivity index (χ0) is 17.6. The second-order valence-corrected chi connectivity index (χ2v) is 6.47. The lowest BCUT2D eigenvalue weighted by Crippen LogP contribution is -2.48. The maximum atomic E-state index is 12.8. The van der Waals surface area contributed by atoms with Crippen molar-refractivity contribution in [2.24, 2.45) is 0 Å². The molecule has 2 aromatic rings. The lowest BCUT2D eigenvalue weighted by atomic mass is 10.0. The van der Waals surface area contributed by atoms with Crippen LogP contribution in [-0.2, 0) is 11.2 Å². The molecule has 1 aromatic carbocycles. The highest BCUT2D eigenvalue weighted by Gasteiger charge is 2.27. The second-order valence-electron chi connectivity index (χ2n) is 6.06. The Kier molecular flexibility index (Phi) is 7.69. The van der Waals surface area contributed by atoms with Crippen LogP contribution in [0.15, 0.2) is 42.7 Å². The third-order valence-corrected chi connectivity index (χ3v) is 4.77. The number of aromatic nitrogens is 1. The summed E-state index contributed by atoms with van der Waals surface area (Å²) in [6, 6.07) is 9.62. The van der Waals surface area contributed by atoms with Crippen LogP contribution >= 0.6 is 24.0 Å². The third-order valence-electron chi connectivity index (χ3n) is 4.48. The Morgan fingerprint density at radius 2 is 2.27 bits per heavy atom. The molecule has 2 heterocycles. The number of carbonyl (C=O) groups excluding carboxylic acids is 1. The van der Waals surface area contributed by atoms with Gasteiger partial charge in [0.2, 0.25) is 5.91 Å². The highest BCUT2D eigenvalue weighted by atomic mass is 35.5. The van der Waals surface area contributed by atoms with Crippen molar-refractivity contribution in [3.8, 4) is 5.75 Å². The molecule has 5 nitrogen and oxygen atoms in total. The number of rotatable bonds is 5. The molecule has 0 spiro atoms. The molecule has 0 aliphatic carbocycles. The number of aryl methyl sites for hydroxylation is 1. The van der Waals surface area contributed by atoms with E-state index in [0.29, 0.717) is 30.2 Å². The summed E-state index contributed by atoms with van der Waals surface area (Å²) >= 11 is 6.16. The number of nitrogens with one attached hydrogen (secondary N) is 1. The first-order valence-corrected chi connectivity index (χ1v) is 8.79. The molecule has 1 unspecified atom stereocenters. The Morgan fingerprint density at radius 1 is 1.42 bits per heavy atom. The minimum atomic E-state index is 0. The fourth-order valence-electron chi connectivity index (χ4n) is 3.13. The Bertz CT molecular complexity index is 728. The van der Waals surface area contributed by atoms with Gasteiger partial charge in [-0.1, -0.05) is 23.7 Å². The number of hydrogen-bond donors (Lipinski definition) is 1. The van der Waals surface area contributed by atoms with E-state index in [4.69, 9.17) is 16.3 Å². The quantitative estimate of drug-likeness (QED) is 0.843. The number of nitrogens with zero attached hydrogens (tertiary/aromatic N) is 2. The first-order valence-electron chi connectivity index (χ1n) is 8.41. The molecule has 1 saturated heterocycles. The molecular formula is C19H23Cl2N3O2. The number of hydrogen-bond acceptors (Lipinski definition) is 4. The van der Waals surface area contributed by atoms with Gasteiger partial charge in [0.05, 0.1) is 18.2 Å². The van der Waals surface area contributed by atoms with Crippen molar-refractivity contribution in [1.82, 2.24) is 15.2 Å². The molecule has 1 amide bonds. The highest BCUT2D eigenvalue weighted by molar-refractivity contribution is 6.32. The van der Waals surface area contributed by atoms with Gasteiger partial charge < -0.3 is 15.0 Å². The van der Waals surface area contributed by atoms with Crippen molar-refractivity contribution in [2.45, 2.75) is 18.9 Å². The van der Waals surface area contributed by atoms with E-state index in [-0.39, 0.29) is 24.4 Å². The van der Waals surface area contributed by atoms with Gasteiger partial charge in [-0.3, -0.25) is 9.78 Å². The van der Waals surface area contributed by atoms with Crippen LogP contribution in [-0.4, -0.2) is 42.5 Å². The number of amides is 1. The van der Waals surface area contributed by atoms with E-state index >= 15 is 0 Å².